The first-order valence-corrected chi connectivity index (χ1v) is 9.02. The Morgan fingerprint density at radius 1 is 1.12 bits per heavy atom. The van der Waals surface area contributed by atoms with Crippen LogP contribution in [0.3, 0.4) is 0 Å². The summed E-state index contributed by atoms with van der Waals surface area (Å²) in [5.74, 6) is 1.82. The van der Waals surface area contributed by atoms with E-state index in [1.165, 1.54) is 11.1 Å². The van der Waals surface area contributed by atoms with Crippen LogP contribution < -0.4 is 10.6 Å². The van der Waals surface area contributed by atoms with E-state index in [9.17, 15) is 0 Å². The highest BCUT2D eigenvalue weighted by Crippen LogP contribution is 2.09. The summed E-state index contributed by atoms with van der Waals surface area (Å²) in [6.07, 6.45) is 2.55. The summed E-state index contributed by atoms with van der Waals surface area (Å²) in [5, 5.41) is 6.64. The molecule has 1 aromatic carbocycles. The predicted molar refractivity (Wildman–Crippen MR) is 104 cm³/mol. The van der Waals surface area contributed by atoms with Gasteiger partial charge in [-0.1, -0.05) is 31.2 Å². The highest BCUT2D eigenvalue weighted by Gasteiger charge is 2.02. The fraction of sp³-hybridized carbons (Fsp3) is 0.450. The molecule has 25 heavy (non-hydrogen) atoms. The van der Waals surface area contributed by atoms with Crippen molar-refractivity contribution in [1.29, 1.82) is 0 Å². The third-order valence-electron chi connectivity index (χ3n) is 3.99. The molecule has 0 fully saturated rings. The number of nitrogens with one attached hydrogen (secondary N) is 2. The van der Waals surface area contributed by atoms with Gasteiger partial charge >= 0.3 is 0 Å². The van der Waals surface area contributed by atoms with Crippen LogP contribution in [0.5, 0.6) is 0 Å². The molecule has 0 bridgehead atoms. The van der Waals surface area contributed by atoms with Crippen molar-refractivity contribution in [3.8, 4) is 0 Å². The van der Waals surface area contributed by atoms with Gasteiger partial charge in [0.15, 0.2) is 5.96 Å². The lowest BCUT2D eigenvalue weighted by Gasteiger charge is -2.14. The van der Waals surface area contributed by atoms with Crippen LogP contribution in [0.2, 0.25) is 0 Å². The van der Waals surface area contributed by atoms with Gasteiger partial charge in [0.1, 0.15) is 5.76 Å². The van der Waals surface area contributed by atoms with E-state index in [0.29, 0.717) is 6.54 Å². The molecule has 0 saturated carbocycles. The Balaban J connectivity index is 1.89. The Kier molecular flexibility index (Phi) is 8.05. The fourth-order valence-electron chi connectivity index (χ4n) is 2.52. The Hall–Kier alpha value is -2.27. The molecule has 2 rings (SSSR count). The van der Waals surface area contributed by atoms with Gasteiger partial charge in [0.2, 0.25) is 0 Å². The molecule has 0 unspecified atom stereocenters. The molecular formula is C20H30N4O. The van der Waals surface area contributed by atoms with E-state index in [1.807, 2.05) is 12.1 Å². The van der Waals surface area contributed by atoms with E-state index in [4.69, 9.17) is 9.41 Å². The first kappa shape index (κ1) is 19.1. The average molecular weight is 342 g/mol. The molecule has 2 N–H and O–H groups in total. The SMILES string of the molecule is CCNC(=NCc1cccc(CN(C)CC)c1)NCCc1ccco1. The average Bonchev–Trinajstić information content (AvgIpc) is 3.13. The van der Waals surface area contributed by atoms with E-state index in [0.717, 1.165) is 44.3 Å². The van der Waals surface area contributed by atoms with Crippen molar-refractivity contribution < 1.29 is 4.42 Å². The molecule has 5 nitrogen and oxygen atoms in total. The lowest BCUT2D eigenvalue weighted by molar-refractivity contribution is 0.345. The third-order valence-corrected chi connectivity index (χ3v) is 3.99. The zero-order valence-electron chi connectivity index (χ0n) is 15.6. The van der Waals surface area contributed by atoms with Gasteiger partial charge in [-0.05, 0) is 43.8 Å². The first-order valence-electron chi connectivity index (χ1n) is 9.02. The molecule has 1 aromatic heterocycles. The molecule has 1 heterocycles. The van der Waals surface area contributed by atoms with Crippen molar-refractivity contribution in [3.05, 3.63) is 59.5 Å². The van der Waals surface area contributed by atoms with Crippen molar-refractivity contribution in [2.45, 2.75) is 33.4 Å². The first-order chi connectivity index (χ1) is 12.2. The van der Waals surface area contributed by atoms with Crippen LogP contribution >= 0.6 is 0 Å². The number of furan rings is 1. The maximum atomic E-state index is 5.35. The Morgan fingerprint density at radius 3 is 2.68 bits per heavy atom. The smallest absolute Gasteiger partial charge is 0.191 e. The molecule has 2 aromatic rings. The quantitative estimate of drug-likeness (QED) is 0.543. The largest absolute Gasteiger partial charge is 0.469 e. The number of guanidine groups is 1. The summed E-state index contributed by atoms with van der Waals surface area (Å²) in [4.78, 5) is 6.99. The van der Waals surface area contributed by atoms with Crippen molar-refractivity contribution >= 4 is 5.96 Å². The van der Waals surface area contributed by atoms with Crippen molar-refractivity contribution in [2.75, 3.05) is 26.7 Å². The molecule has 0 aliphatic carbocycles. The highest BCUT2D eigenvalue weighted by molar-refractivity contribution is 5.79. The highest BCUT2D eigenvalue weighted by atomic mass is 16.3. The number of nitrogens with zero attached hydrogens (tertiary/aromatic N) is 2. The van der Waals surface area contributed by atoms with E-state index < -0.39 is 0 Å². The van der Waals surface area contributed by atoms with Crippen molar-refractivity contribution in [2.24, 2.45) is 4.99 Å². The second-order valence-corrected chi connectivity index (χ2v) is 6.10. The molecule has 0 radical (unpaired) electrons. The number of benzene rings is 1. The van der Waals surface area contributed by atoms with Gasteiger partial charge in [0, 0.05) is 26.1 Å². The van der Waals surface area contributed by atoms with Crippen LogP contribution in [0.1, 0.15) is 30.7 Å². The summed E-state index contributed by atoms with van der Waals surface area (Å²) >= 11 is 0. The van der Waals surface area contributed by atoms with Gasteiger partial charge in [-0.3, -0.25) is 0 Å². The summed E-state index contributed by atoms with van der Waals surface area (Å²) in [7, 11) is 2.14. The molecule has 0 aliphatic rings. The lowest BCUT2D eigenvalue weighted by atomic mass is 10.1. The van der Waals surface area contributed by atoms with Crippen LogP contribution in [0.15, 0.2) is 52.1 Å². The predicted octanol–water partition coefficient (Wildman–Crippen LogP) is 3.03. The zero-order chi connectivity index (χ0) is 17.9. The van der Waals surface area contributed by atoms with Gasteiger partial charge in [0.05, 0.1) is 12.8 Å². The standard InChI is InChI=1S/C20H30N4O/c1-4-21-20(22-12-11-19-10-7-13-25-19)23-15-17-8-6-9-18(14-17)16-24(3)5-2/h6-10,13-14H,4-5,11-12,15-16H2,1-3H3,(H2,21,22,23). The Morgan fingerprint density at radius 2 is 1.96 bits per heavy atom. The number of aliphatic imine (C=N–C) groups is 1. The van der Waals surface area contributed by atoms with Crippen LogP contribution in [-0.4, -0.2) is 37.5 Å². The number of hydrogen-bond donors (Lipinski definition) is 2. The van der Waals surface area contributed by atoms with Gasteiger partial charge < -0.3 is 20.0 Å². The van der Waals surface area contributed by atoms with Gasteiger partial charge in [-0.2, -0.15) is 0 Å². The molecule has 0 saturated heterocycles. The third kappa shape index (κ3) is 7.01. The molecule has 0 aliphatic heterocycles. The van der Waals surface area contributed by atoms with E-state index >= 15 is 0 Å². The minimum Gasteiger partial charge on any atom is -0.469 e. The fourth-order valence-corrected chi connectivity index (χ4v) is 2.52. The van der Waals surface area contributed by atoms with Crippen LogP contribution in [0, 0.1) is 0 Å². The molecular weight excluding hydrogens is 312 g/mol. The van der Waals surface area contributed by atoms with Crippen LogP contribution in [0.4, 0.5) is 0 Å². The molecule has 0 atom stereocenters. The summed E-state index contributed by atoms with van der Waals surface area (Å²) < 4.78 is 5.35. The van der Waals surface area contributed by atoms with Crippen LogP contribution in [-0.2, 0) is 19.5 Å². The van der Waals surface area contributed by atoms with E-state index in [1.54, 1.807) is 6.26 Å². The summed E-state index contributed by atoms with van der Waals surface area (Å²) in [6, 6.07) is 12.6. The second-order valence-electron chi connectivity index (χ2n) is 6.10. The van der Waals surface area contributed by atoms with E-state index in [2.05, 4.69) is 60.7 Å². The summed E-state index contributed by atoms with van der Waals surface area (Å²) in [6.45, 7) is 8.56. The zero-order valence-corrected chi connectivity index (χ0v) is 15.6. The van der Waals surface area contributed by atoms with Crippen LogP contribution in [0.25, 0.3) is 0 Å². The maximum Gasteiger partial charge on any atom is 0.191 e. The van der Waals surface area contributed by atoms with Crippen molar-refractivity contribution in [3.63, 3.8) is 0 Å². The summed E-state index contributed by atoms with van der Waals surface area (Å²) in [5.41, 5.74) is 2.55. The van der Waals surface area contributed by atoms with Gasteiger partial charge in [0.25, 0.3) is 0 Å². The maximum absolute atomic E-state index is 5.35. The Labute approximate surface area is 151 Å². The minimum atomic E-state index is 0.666. The molecule has 5 heteroatoms. The number of rotatable bonds is 9. The monoisotopic (exact) mass is 342 g/mol. The topological polar surface area (TPSA) is 52.8 Å². The lowest BCUT2D eigenvalue weighted by Crippen LogP contribution is -2.38. The van der Waals surface area contributed by atoms with E-state index in [-0.39, 0.29) is 0 Å². The molecule has 136 valence electrons. The molecule has 0 spiro atoms. The number of hydrogen-bond acceptors (Lipinski definition) is 3. The normalized spacial score (nSPS) is 11.8. The van der Waals surface area contributed by atoms with Gasteiger partial charge in [-0.15, -0.1) is 0 Å². The second kappa shape index (κ2) is 10.6. The van der Waals surface area contributed by atoms with Gasteiger partial charge in [-0.25, -0.2) is 4.99 Å². The molecule has 0 amide bonds. The minimum absolute atomic E-state index is 0.666. The Bertz CT molecular complexity index is 637. The van der Waals surface area contributed by atoms with Crippen molar-refractivity contribution in [1.82, 2.24) is 15.5 Å².